The lowest BCUT2D eigenvalue weighted by molar-refractivity contribution is -0.119. The fourth-order valence-electron chi connectivity index (χ4n) is 0.924. The number of rotatable bonds is 3. The molecular formula is C10H10N2O. The third-order valence-corrected chi connectivity index (χ3v) is 1.56. The quantitative estimate of drug-likeness (QED) is 0.687. The number of amides is 1. The molecule has 0 aliphatic rings. The van der Waals surface area contributed by atoms with Gasteiger partial charge in [0, 0.05) is 6.54 Å². The first-order chi connectivity index (χ1) is 6.33. The molecule has 3 heteroatoms. The number of benzene rings is 1. The van der Waals surface area contributed by atoms with Gasteiger partial charge in [-0.15, -0.1) is 0 Å². The van der Waals surface area contributed by atoms with E-state index in [1.807, 2.05) is 30.3 Å². The molecule has 1 amide bonds. The summed E-state index contributed by atoms with van der Waals surface area (Å²) in [7, 11) is 0. The molecule has 0 bridgehead atoms. The van der Waals surface area contributed by atoms with Gasteiger partial charge < -0.3 is 10.2 Å². The van der Waals surface area contributed by atoms with Crippen molar-refractivity contribution < 1.29 is 4.79 Å². The standard InChI is InChI=1S/C10H10N2O/c1-11-8-10(13)12-7-9-5-3-2-4-6-9/h2-6H,7-8H2,(H,12,13). The van der Waals surface area contributed by atoms with Gasteiger partial charge in [0.1, 0.15) is 0 Å². The molecule has 0 spiro atoms. The van der Waals surface area contributed by atoms with Crippen LogP contribution in [0.2, 0.25) is 0 Å². The largest absolute Gasteiger partial charge is 0.346 e. The normalized spacial score (nSPS) is 8.85. The van der Waals surface area contributed by atoms with Crippen LogP contribution < -0.4 is 5.32 Å². The Labute approximate surface area is 77.2 Å². The lowest BCUT2D eigenvalue weighted by atomic mass is 10.2. The molecule has 66 valence electrons. The predicted molar refractivity (Wildman–Crippen MR) is 49.8 cm³/mol. The lowest BCUT2D eigenvalue weighted by Gasteiger charge is -2.00. The highest BCUT2D eigenvalue weighted by Crippen LogP contribution is 1.96. The number of carbonyl (C=O) groups is 1. The molecule has 0 aliphatic heterocycles. The first-order valence-electron chi connectivity index (χ1n) is 3.97. The molecule has 3 nitrogen and oxygen atoms in total. The van der Waals surface area contributed by atoms with Crippen LogP contribution in [0.5, 0.6) is 0 Å². The summed E-state index contributed by atoms with van der Waals surface area (Å²) in [5.41, 5.74) is 1.04. The van der Waals surface area contributed by atoms with Gasteiger partial charge in [-0.25, -0.2) is 6.57 Å². The molecule has 0 saturated carbocycles. The zero-order valence-electron chi connectivity index (χ0n) is 7.16. The van der Waals surface area contributed by atoms with E-state index in [1.165, 1.54) is 0 Å². The summed E-state index contributed by atoms with van der Waals surface area (Å²) < 4.78 is 0. The van der Waals surface area contributed by atoms with Crippen LogP contribution in [-0.2, 0) is 11.3 Å². The second-order valence-electron chi connectivity index (χ2n) is 2.58. The van der Waals surface area contributed by atoms with E-state index in [-0.39, 0.29) is 12.5 Å². The minimum Gasteiger partial charge on any atom is -0.346 e. The van der Waals surface area contributed by atoms with E-state index >= 15 is 0 Å². The molecule has 1 aromatic carbocycles. The van der Waals surface area contributed by atoms with Gasteiger partial charge in [0.05, 0.1) is 0 Å². The zero-order valence-corrected chi connectivity index (χ0v) is 7.16. The highest BCUT2D eigenvalue weighted by Gasteiger charge is 2.01. The third-order valence-electron chi connectivity index (χ3n) is 1.56. The number of nitrogens with zero attached hydrogens (tertiary/aromatic N) is 1. The Morgan fingerprint density at radius 1 is 1.38 bits per heavy atom. The Bertz CT molecular complexity index is 313. The lowest BCUT2D eigenvalue weighted by Crippen LogP contribution is -2.24. The summed E-state index contributed by atoms with van der Waals surface area (Å²) in [6, 6.07) is 9.60. The number of hydrogen-bond donors (Lipinski definition) is 1. The topological polar surface area (TPSA) is 33.5 Å². The van der Waals surface area contributed by atoms with E-state index in [9.17, 15) is 4.79 Å². The molecule has 0 aromatic heterocycles. The average molecular weight is 174 g/mol. The fraction of sp³-hybridized carbons (Fsp3) is 0.200. The van der Waals surface area contributed by atoms with E-state index < -0.39 is 0 Å². The SMILES string of the molecule is [C-]#[N+]CC(=O)NCc1ccccc1. The fourth-order valence-corrected chi connectivity index (χ4v) is 0.924. The van der Waals surface area contributed by atoms with Crippen LogP contribution in [0.1, 0.15) is 5.56 Å². The van der Waals surface area contributed by atoms with Gasteiger partial charge in [0.15, 0.2) is 0 Å². The van der Waals surface area contributed by atoms with Gasteiger partial charge in [-0.2, -0.15) is 0 Å². The van der Waals surface area contributed by atoms with Crippen LogP contribution in [0.4, 0.5) is 0 Å². The van der Waals surface area contributed by atoms with Crippen LogP contribution in [-0.4, -0.2) is 12.5 Å². The highest BCUT2D eigenvalue weighted by atomic mass is 16.1. The van der Waals surface area contributed by atoms with Crippen molar-refractivity contribution >= 4 is 5.91 Å². The molecule has 0 aliphatic carbocycles. The van der Waals surface area contributed by atoms with Crippen LogP contribution >= 0.6 is 0 Å². The molecule has 1 aromatic rings. The van der Waals surface area contributed by atoms with Crippen LogP contribution in [0.3, 0.4) is 0 Å². The first kappa shape index (κ1) is 9.27. The Morgan fingerprint density at radius 2 is 2.08 bits per heavy atom. The van der Waals surface area contributed by atoms with E-state index in [1.54, 1.807) is 0 Å². The Hall–Kier alpha value is -1.82. The van der Waals surface area contributed by atoms with Gasteiger partial charge in [-0.1, -0.05) is 30.3 Å². The van der Waals surface area contributed by atoms with Crippen molar-refractivity contribution in [3.8, 4) is 0 Å². The summed E-state index contributed by atoms with van der Waals surface area (Å²) in [4.78, 5) is 13.9. The van der Waals surface area contributed by atoms with Gasteiger partial charge >= 0.3 is 0 Å². The smallest absolute Gasteiger partial charge is 0.300 e. The second-order valence-corrected chi connectivity index (χ2v) is 2.58. The molecule has 0 atom stereocenters. The van der Waals surface area contributed by atoms with Crippen molar-refractivity contribution in [1.29, 1.82) is 0 Å². The van der Waals surface area contributed by atoms with Crippen molar-refractivity contribution in [3.05, 3.63) is 47.3 Å². The maximum absolute atomic E-state index is 10.9. The monoisotopic (exact) mass is 174 g/mol. The molecule has 0 saturated heterocycles. The Balaban J connectivity index is 2.36. The predicted octanol–water partition coefficient (Wildman–Crippen LogP) is 1.22. The van der Waals surface area contributed by atoms with E-state index in [0.717, 1.165) is 5.56 Å². The maximum atomic E-state index is 10.9. The summed E-state index contributed by atoms with van der Waals surface area (Å²) in [5.74, 6) is -0.223. The first-order valence-corrected chi connectivity index (χ1v) is 3.97. The van der Waals surface area contributed by atoms with Gasteiger partial charge in [0.2, 0.25) is 0 Å². The summed E-state index contributed by atoms with van der Waals surface area (Å²) in [5, 5.41) is 2.65. The van der Waals surface area contributed by atoms with E-state index in [4.69, 9.17) is 6.57 Å². The molecule has 13 heavy (non-hydrogen) atoms. The van der Waals surface area contributed by atoms with Gasteiger partial charge in [0.25, 0.3) is 12.5 Å². The molecule has 1 N–H and O–H groups in total. The molecular weight excluding hydrogens is 164 g/mol. The minimum absolute atomic E-state index is 0.0904. The van der Waals surface area contributed by atoms with Crippen molar-refractivity contribution in [3.63, 3.8) is 0 Å². The Morgan fingerprint density at radius 3 is 2.69 bits per heavy atom. The molecule has 0 radical (unpaired) electrons. The number of nitrogens with one attached hydrogen (secondary N) is 1. The van der Waals surface area contributed by atoms with Crippen LogP contribution in [0.15, 0.2) is 30.3 Å². The van der Waals surface area contributed by atoms with Crippen LogP contribution in [0, 0.1) is 6.57 Å². The van der Waals surface area contributed by atoms with Crippen molar-refractivity contribution in [1.82, 2.24) is 5.32 Å². The van der Waals surface area contributed by atoms with Gasteiger partial charge in [-0.05, 0) is 5.56 Å². The minimum atomic E-state index is -0.223. The molecule has 0 heterocycles. The van der Waals surface area contributed by atoms with E-state index in [2.05, 4.69) is 10.2 Å². The van der Waals surface area contributed by atoms with Crippen molar-refractivity contribution in [2.24, 2.45) is 0 Å². The average Bonchev–Trinajstić information content (AvgIpc) is 2.17. The maximum Gasteiger partial charge on any atom is 0.300 e. The van der Waals surface area contributed by atoms with Crippen LogP contribution in [0.25, 0.3) is 4.85 Å². The molecule has 1 rings (SSSR count). The molecule has 0 unspecified atom stereocenters. The zero-order chi connectivity index (χ0) is 9.52. The summed E-state index contributed by atoms with van der Waals surface area (Å²) in [6.07, 6.45) is 0. The number of hydrogen-bond acceptors (Lipinski definition) is 1. The summed E-state index contributed by atoms with van der Waals surface area (Å²) >= 11 is 0. The van der Waals surface area contributed by atoms with E-state index in [0.29, 0.717) is 6.54 Å². The third kappa shape index (κ3) is 3.39. The van der Waals surface area contributed by atoms with Crippen molar-refractivity contribution in [2.45, 2.75) is 6.54 Å². The van der Waals surface area contributed by atoms with Gasteiger partial charge in [-0.3, -0.25) is 4.79 Å². The molecule has 0 fully saturated rings. The second kappa shape index (κ2) is 4.94. The van der Waals surface area contributed by atoms with Crippen molar-refractivity contribution in [2.75, 3.05) is 6.54 Å². The summed E-state index contributed by atoms with van der Waals surface area (Å²) in [6.45, 7) is 6.89. The number of carbonyl (C=O) groups excluding carboxylic acids is 1. The Kier molecular flexibility index (Phi) is 3.52. The highest BCUT2D eigenvalue weighted by molar-refractivity contribution is 5.79.